The van der Waals surface area contributed by atoms with Crippen LogP contribution in [0, 0.1) is 0 Å². The van der Waals surface area contributed by atoms with Gasteiger partial charge in [-0.05, 0) is 22.0 Å². The third kappa shape index (κ3) is 1.29. The molecule has 1 heterocycles. The van der Waals surface area contributed by atoms with Gasteiger partial charge in [-0.2, -0.15) is 0 Å². The van der Waals surface area contributed by atoms with Crippen LogP contribution in [0.2, 0.25) is 10.0 Å². The second kappa shape index (κ2) is 3.29. The van der Waals surface area contributed by atoms with Crippen LogP contribution in [-0.4, -0.2) is 4.57 Å². The number of rotatable bonds is 0. The van der Waals surface area contributed by atoms with Gasteiger partial charge in [0.25, 0.3) is 0 Å². The summed E-state index contributed by atoms with van der Waals surface area (Å²) in [4.78, 5) is 11.2. The number of aromatic nitrogens is 1. The smallest absolute Gasteiger partial charge is 0.406 e. The molecule has 14 heavy (non-hydrogen) atoms. The Kier molecular flexibility index (Phi) is 2.37. The molecule has 1 aromatic heterocycles. The lowest BCUT2D eigenvalue weighted by molar-refractivity contribution is 0.528. The van der Waals surface area contributed by atoms with Crippen molar-refractivity contribution in [3.05, 3.63) is 31.1 Å². The predicted molar refractivity (Wildman–Crippen MR) is 59.2 cm³/mol. The average Bonchev–Trinajstić information content (AvgIpc) is 2.42. The van der Waals surface area contributed by atoms with Gasteiger partial charge >= 0.3 is 5.76 Å². The molecule has 0 spiro atoms. The van der Waals surface area contributed by atoms with E-state index in [0.717, 1.165) is 0 Å². The Hall–Kier alpha value is -0.450. The van der Waals surface area contributed by atoms with Crippen molar-refractivity contribution < 1.29 is 4.42 Å². The van der Waals surface area contributed by atoms with Gasteiger partial charge < -0.3 is 4.42 Å². The molecule has 0 unspecified atom stereocenters. The highest BCUT2D eigenvalue weighted by Crippen LogP contribution is 2.36. The molecule has 0 saturated heterocycles. The van der Waals surface area contributed by atoms with E-state index in [4.69, 9.17) is 27.6 Å². The topological polar surface area (TPSA) is 35.1 Å². The van der Waals surface area contributed by atoms with E-state index in [0.29, 0.717) is 20.6 Å². The first-order valence-electron chi connectivity index (χ1n) is 3.65. The molecule has 0 amide bonds. The molecule has 0 aliphatic rings. The van der Waals surface area contributed by atoms with Crippen molar-refractivity contribution in [3.8, 4) is 0 Å². The first-order valence-corrected chi connectivity index (χ1v) is 5.20. The highest BCUT2D eigenvalue weighted by Gasteiger charge is 2.15. The van der Waals surface area contributed by atoms with E-state index in [1.807, 2.05) is 0 Å². The summed E-state index contributed by atoms with van der Waals surface area (Å²) in [5.74, 6) is -0.462. The fourth-order valence-corrected chi connectivity index (χ4v) is 2.07. The van der Waals surface area contributed by atoms with Crippen LogP contribution in [0.3, 0.4) is 0 Å². The monoisotopic (exact) mass is 295 g/mol. The van der Waals surface area contributed by atoms with Crippen molar-refractivity contribution in [1.82, 2.24) is 4.57 Å². The van der Waals surface area contributed by atoms with Gasteiger partial charge in [0.05, 0.1) is 10.5 Å². The van der Waals surface area contributed by atoms with Crippen LogP contribution in [0.15, 0.2) is 19.8 Å². The number of oxazole rings is 1. The van der Waals surface area contributed by atoms with Crippen LogP contribution < -0.4 is 5.76 Å². The maximum Gasteiger partial charge on any atom is 0.419 e. The summed E-state index contributed by atoms with van der Waals surface area (Å²) in [5, 5.41) is 0.585. The summed E-state index contributed by atoms with van der Waals surface area (Å²) < 4.78 is 6.93. The fourth-order valence-electron chi connectivity index (χ4n) is 1.17. The summed E-state index contributed by atoms with van der Waals surface area (Å²) in [7, 11) is 1.60. The lowest BCUT2D eigenvalue weighted by Crippen LogP contribution is -2.08. The summed E-state index contributed by atoms with van der Waals surface area (Å²) in [6.45, 7) is 0. The quantitative estimate of drug-likeness (QED) is 0.700. The summed E-state index contributed by atoms with van der Waals surface area (Å²) in [6, 6.07) is 1.69. The van der Waals surface area contributed by atoms with Crippen molar-refractivity contribution >= 4 is 50.2 Å². The number of hydrogen-bond donors (Lipinski definition) is 0. The minimum atomic E-state index is -0.462. The molecule has 0 aliphatic heterocycles. The summed E-state index contributed by atoms with van der Waals surface area (Å²) in [6.07, 6.45) is 0. The Balaban J connectivity index is 3.05. The number of nitrogens with zero attached hydrogens (tertiary/aromatic N) is 1. The molecule has 0 fully saturated rings. The Morgan fingerprint density at radius 1 is 1.43 bits per heavy atom. The van der Waals surface area contributed by atoms with E-state index >= 15 is 0 Å². The van der Waals surface area contributed by atoms with E-state index in [1.54, 1.807) is 13.1 Å². The number of fused-ring (bicyclic) bond motifs is 1. The van der Waals surface area contributed by atoms with Gasteiger partial charge in [0.2, 0.25) is 0 Å². The van der Waals surface area contributed by atoms with Crippen molar-refractivity contribution in [2.24, 2.45) is 7.05 Å². The SMILES string of the molecule is Cn1c(=O)oc2c(Cl)c(Cl)c(Br)cc21. The number of aryl methyl sites for hydroxylation is 1. The number of hydrogen-bond acceptors (Lipinski definition) is 2. The Labute approximate surface area is 97.3 Å². The molecule has 2 rings (SSSR count). The lowest BCUT2D eigenvalue weighted by atomic mass is 10.3. The van der Waals surface area contributed by atoms with Crippen LogP contribution >= 0.6 is 39.1 Å². The molecule has 1 aromatic carbocycles. The standard InChI is InChI=1S/C8H4BrCl2NO2/c1-12-4-2-3(9)5(10)6(11)7(4)14-8(12)13/h2H,1H3. The zero-order chi connectivity index (χ0) is 10.5. The molecule has 6 heteroatoms. The first-order chi connectivity index (χ1) is 6.52. The van der Waals surface area contributed by atoms with Crippen molar-refractivity contribution in [2.45, 2.75) is 0 Å². The van der Waals surface area contributed by atoms with E-state index < -0.39 is 5.76 Å². The second-order valence-corrected chi connectivity index (χ2v) is 4.37. The third-order valence-electron chi connectivity index (χ3n) is 1.92. The highest BCUT2D eigenvalue weighted by molar-refractivity contribution is 9.10. The minimum Gasteiger partial charge on any atom is -0.406 e. The maximum atomic E-state index is 11.2. The summed E-state index contributed by atoms with van der Waals surface area (Å²) in [5.41, 5.74) is 0.920. The van der Waals surface area contributed by atoms with Gasteiger partial charge in [0.15, 0.2) is 5.58 Å². The zero-order valence-electron chi connectivity index (χ0n) is 6.97. The fraction of sp³-hybridized carbons (Fsp3) is 0.125. The minimum absolute atomic E-state index is 0.244. The largest absolute Gasteiger partial charge is 0.419 e. The lowest BCUT2D eigenvalue weighted by Gasteiger charge is -1.99. The van der Waals surface area contributed by atoms with E-state index in [9.17, 15) is 4.79 Å². The Morgan fingerprint density at radius 3 is 2.71 bits per heavy atom. The first kappa shape index (κ1) is 10.1. The van der Waals surface area contributed by atoms with Gasteiger partial charge in [0.1, 0.15) is 5.02 Å². The van der Waals surface area contributed by atoms with Crippen molar-refractivity contribution in [2.75, 3.05) is 0 Å². The molecule has 0 saturated carbocycles. The van der Waals surface area contributed by atoms with Crippen molar-refractivity contribution in [3.63, 3.8) is 0 Å². The van der Waals surface area contributed by atoms with Crippen LogP contribution in [0.1, 0.15) is 0 Å². The van der Waals surface area contributed by atoms with Gasteiger partial charge in [-0.1, -0.05) is 23.2 Å². The normalized spacial score (nSPS) is 11.1. The van der Waals surface area contributed by atoms with E-state index in [2.05, 4.69) is 15.9 Å². The Bertz CT molecular complexity index is 573. The summed E-state index contributed by atoms with van der Waals surface area (Å²) >= 11 is 15.0. The van der Waals surface area contributed by atoms with Crippen LogP contribution in [0.4, 0.5) is 0 Å². The van der Waals surface area contributed by atoms with Gasteiger partial charge in [-0.3, -0.25) is 4.57 Å². The van der Waals surface area contributed by atoms with E-state index in [1.165, 1.54) is 4.57 Å². The number of benzene rings is 1. The molecule has 0 aliphatic carbocycles. The number of halogens is 3. The molecule has 3 nitrogen and oxygen atoms in total. The van der Waals surface area contributed by atoms with Gasteiger partial charge in [-0.15, -0.1) is 0 Å². The average molecular weight is 297 g/mol. The zero-order valence-corrected chi connectivity index (χ0v) is 10.1. The third-order valence-corrected chi connectivity index (χ3v) is 3.63. The predicted octanol–water partition coefficient (Wildman–Crippen LogP) is 3.20. The molecule has 74 valence electrons. The molecule has 0 bridgehead atoms. The maximum absolute atomic E-state index is 11.2. The Morgan fingerprint density at radius 2 is 2.07 bits per heavy atom. The van der Waals surface area contributed by atoms with E-state index in [-0.39, 0.29) is 5.02 Å². The molecule has 0 atom stereocenters. The molecular formula is C8H4BrCl2NO2. The van der Waals surface area contributed by atoms with Crippen LogP contribution in [-0.2, 0) is 7.05 Å². The van der Waals surface area contributed by atoms with Gasteiger partial charge in [-0.25, -0.2) is 4.79 Å². The van der Waals surface area contributed by atoms with Crippen molar-refractivity contribution in [1.29, 1.82) is 0 Å². The molecule has 0 N–H and O–H groups in total. The molecule has 0 radical (unpaired) electrons. The van der Waals surface area contributed by atoms with Gasteiger partial charge in [0, 0.05) is 11.5 Å². The molecular weight excluding hydrogens is 293 g/mol. The second-order valence-electron chi connectivity index (χ2n) is 2.76. The molecule has 2 aromatic rings. The van der Waals surface area contributed by atoms with Crippen LogP contribution in [0.25, 0.3) is 11.1 Å². The highest BCUT2D eigenvalue weighted by atomic mass is 79.9. The van der Waals surface area contributed by atoms with Crippen LogP contribution in [0.5, 0.6) is 0 Å².